The number of nitrogens with one attached hydrogen (secondary N) is 1. The SMILES string of the molecule is CC(=O)N1CCN(C(=O)c2cccc(CSc3cnc(NC(=O)c4cccn4C)s3)c2)CC1. The molecule has 0 aliphatic carbocycles. The molecule has 33 heavy (non-hydrogen) atoms. The van der Waals surface area contributed by atoms with Gasteiger partial charge in [0.15, 0.2) is 5.13 Å². The van der Waals surface area contributed by atoms with Gasteiger partial charge in [0.05, 0.1) is 10.4 Å². The topological polar surface area (TPSA) is 87.5 Å². The lowest BCUT2D eigenvalue weighted by Crippen LogP contribution is -2.50. The number of carbonyl (C=O) groups excluding carboxylic acids is 3. The number of carbonyl (C=O) groups is 3. The van der Waals surface area contributed by atoms with Gasteiger partial charge in [-0.05, 0) is 29.8 Å². The van der Waals surface area contributed by atoms with Gasteiger partial charge < -0.3 is 14.4 Å². The fourth-order valence-corrected chi connectivity index (χ4v) is 5.41. The molecule has 0 unspecified atom stereocenters. The Balaban J connectivity index is 1.32. The fourth-order valence-electron chi connectivity index (χ4n) is 3.60. The van der Waals surface area contributed by atoms with Crippen molar-refractivity contribution in [1.82, 2.24) is 19.4 Å². The minimum absolute atomic E-state index is 0.00600. The van der Waals surface area contributed by atoms with E-state index in [1.54, 1.807) is 45.3 Å². The van der Waals surface area contributed by atoms with E-state index >= 15 is 0 Å². The molecule has 0 radical (unpaired) electrons. The average Bonchev–Trinajstić information content (AvgIpc) is 3.46. The van der Waals surface area contributed by atoms with Crippen molar-refractivity contribution in [2.24, 2.45) is 7.05 Å². The Kier molecular flexibility index (Phi) is 7.14. The summed E-state index contributed by atoms with van der Waals surface area (Å²) in [6.45, 7) is 3.81. The number of hydrogen-bond acceptors (Lipinski definition) is 6. The van der Waals surface area contributed by atoms with E-state index in [2.05, 4.69) is 10.3 Å². The van der Waals surface area contributed by atoms with Crippen molar-refractivity contribution in [1.29, 1.82) is 0 Å². The highest BCUT2D eigenvalue weighted by Gasteiger charge is 2.23. The molecule has 1 saturated heterocycles. The van der Waals surface area contributed by atoms with Crippen LogP contribution in [-0.2, 0) is 17.6 Å². The second-order valence-corrected chi connectivity index (χ2v) is 10.0. The van der Waals surface area contributed by atoms with Crippen molar-refractivity contribution in [3.05, 3.63) is 65.6 Å². The van der Waals surface area contributed by atoms with E-state index in [0.717, 1.165) is 9.77 Å². The molecule has 2 aromatic heterocycles. The molecule has 0 saturated carbocycles. The van der Waals surface area contributed by atoms with Crippen LogP contribution in [0.25, 0.3) is 0 Å². The molecule has 1 fully saturated rings. The number of amides is 3. The molecule has 4 rings (SSSR count). The summed E-state index contributed by atoms with van der Waals surface area (Å²) in [4.78, 5) is 44.6. The zero-order valence-electron chi connectivity index (χ0n) is 18.5. The third-order valence-corrected chi connectivity index (χ3v) is 7.63. The van der Waals surface area contributed by atoms with Crippen LogP contribution in [0, 0.1) is 0 Å². The van der Waals surface area contributed by atoms with Crippen molar-refractivity contribution in [3.63, 3.8) is 0 Å². The maximum absolute atomic E-state index is 12.9. The van der Waals surface area contributed by atoms with Crippen molar-refractivity contribution in [3.8, 4) is 0 Å². The van der Waals surface area contributed by atoms with E-state index in [4.69, 9.17) is 0 Å². The molecule has 3 aromatic rings. The van der Waals surface area contributed by atoms with Crippen LogP contribution in [0.15, 0.2) is 53.0 Å². The van der Waals surface area contributed by atoms with E-state index in [1.807, 2.05) is 43.6 Å². The largest absolute Gasteiger partial charge is 0.347 e. The smallest absolute Gasteiger partial charge is 0.274 e. The zero-order valence-corrected chi connectivity index (χ0v) is 20.1. The summed E-state index contributed by atoms with van der Waals surface area (Å²) in [7, 11) is 1.82. The van der Waals surface area contributed by atoms with Crippen molar-refractivity contribution in [2.75, 3.05) is 31.5 Å². The maximum atomic E-state index is 12.9. The van der Waals surface area contributed by atoms with E-state index in [-0.39, 0.29) is 17.7 Å². The highest BCUT2D eigenvalue weighted by Crippen LogP contribution is 2.31. The first-order valence-electron chi connectivity index (χ1n) is 10.6. The molecule has 10 heteroatoms. The standard InChI is InChI=1S/C23H25N5O3S2/c1-16(29)27-9-11-28(12-10-27)22(31)18-6-3-5-17(13-18)15-32-20-14-24-23(33-20)25-21(30)19-7-4-8-26(19)2/h3-8,13-14H,9-12,15H2,1-2H3,(H,24,25,30). The normalized spacial score (nSPS) is 13.8. The molecule has 0 spiro atoms. The Labute approximate surface area is 200 Å². The first-order chi connectivity index (χ1) is 15.9. The summed E-state index contributed by atoms with van der Waals surface area (Å²) in [6, 6.07) is 11.2. The number of rotatable bonds is 6. The summed E-state index contributed by atoms with van der Waals surface area (Å²) in [5.74, 6) is 0.538. The Morgan fingerprint density at radius 3 is 2.55 bits per heavy atom. The van der Waals surface area contributed by atoms with Crippen LogP contribution in [0.1, 0.15) is 33.3 Å². The van der Waals surface area contributed by atoms with Crippen molar-refractivity contribution < 1.29 is 14.4 Å². The van der Waals surface area contributed by atoms with Crippen LogP contribution >= 0.6 is 23.1 Å². The first kappa shape index (κ1) is 23.1. The Bertz CT molecular complexity index is 1160. The van der Waals surface area contributed by atoms with Gasteiger partial charge in [-0.1, -0.05) is 23.5 Å². The minimum atomic E-state index is -0.191. The molecular formula is C23H25N5O3S2. The summed E-state index contributed by atoms with van der Waals surface area (Å²) >= 11 is 3.03. The number of aryl methyl sites for hydroxylation is 1. The van der Waals surface area contributed by atoms with Gasteiger partial charge in [-0.3, -0.25) is 19.7 Å². The molecule has 1 aliphatic rings. The van der Waals surface area contributed by atoms with Crippen LogP contribution in [-0.4, -0.2) is 63.3 Å². The summed E-state index contributed by atoms with van der Waals surface area (Å²) < 4.78 is 2.74. The van der Waals surface area contributed by atoms with Gasteiger partial charge in [-0.2, -0.15) is 0 Å². The van der Waals surface area contributed by atoms with E-state index in [0.29, 0.717) is 48.3 Å². The number of benzene rings is 1. The molecule has 1 N–H and O–H groups in total. The quantitative estimate of drug-likeness (QED) is 0.544. The minimum Gasteiger partial charge on any atom is -0.347 e. The van der Waals surface area contributed by atoms with Crippen LogP contribution in [0.5, 0.6) is 0 Å². The number of piperazine rings is 1. The highest BCUT2D eigenvalue weighted by molar-refractivity contribution is 8.00. The Hall–Kier alpha value is -3.11. The zero-order chi connectivity index (χ0) is 23.4. The number of hydrogen-bond donors (Lipinski definition) is 1. The first-order valence-corrected chi connectivity index (χ1v) is 12.4. The number of nitrogens with zero attached hydrogens (tertiary/aromatic N) is 4. The summed E-state index contributed by atoms with van der Waals surface area (Å²) in [6.07, 6.45) is 3.57. The second-order valence-electron chi connectivity index (χ2n) is 7.73. The molecule has 0 bridgehead atoms. The highest BCUT2D eigenvalue weighted by atomic mass is 32.2. The molecule has 1 aliphatic heterocycles. The van der Waals surface area contributed by atoms with E-state index in [9.17, 15) is 14.4 Å². The van der Waals surface area contributed by atoms with Gasteiger partial charge in [0, 0.05) is 57.7 Å². The number of thiazole rings is 1. The Morgan fingerprint density at radius 1 is 1.09 bits per heavy atom. The summed E-state index contributed by atoms with van der Waals surface area (Å²) in [5, 5.41) is 3.39. The third-order valence-electron chi connectivity index (χ3n) is 5.45. The number of thioether (sulfide) groups is 1. The van der Waals surface area contributed by atoms with Gasteiger partial charge in [0.2, 0.25) is 5.91 Å². The third kappa shape index (κ3) is 5.63. The van der Waals surface area contributed by atoms with Gasteiger partial charge in [0.25, 0.3) is 11.8 Å². The molecule has 1 aromatic carbocycles. The molecule has 8 nitrogen and oxygen atoms in total. The van der Waals surface area contributed by atoms with Crippen molar-refractivity contribution >= 4 is 46.0 Å². The van der Waals surface area contributed by atoms with Gasteiger partial charge >= 0.3 is 0 Å². The predicted octanol–water partition coefficient (Wildman–Crippen LogP) is 3.33. The molecule has 3 amide bonds. The van der Waals surface area contributed by atoms with E-state index < -0.39 is 0 Å². The average molecular weight is 484 g/mol. The van der Waals surface area contributed by atoms with Gasteiger partial charge in [-0.15, -0.1) is 11.8 Å². The monoisotopic (exact) mass is 483 g/mol. The van der Waals surface area contributed by atoms with Crippen LogP contribution in [0.2, 0.25) is 0 Å². The fraction of sp³-hybridized carbons (Fsp3) is 0.304. The Morgan fingerprint density at radius 2 is 1.85 bits per heavy atom. The lowest BCUT2D eigenvalue weighted by molar-refractivity contribution is -0.130. The molecule has 0 atom stereocenters. The molecule has 3 heterocycles. The summed E-state index contributed by atoms with van der Waals surface area (Å²) in [5.41, 5.74) is 2.27. The molecule has 172 valence electrons. The molecular weight excluding hydrogens is 458 g/mol. The van der Waals surface area contributed by atoms with Crippen molar-refractivity contribution in [2.45, 2.75) is 16.9 Å². The number of aromatic nitrogens is 2. The maximum Gasteiger partial charge on any atom is 0.274 e. The van der Waals surface area contributed by atoms with Crippen LogP contribution in [0.4, 0.5) is 5.13 Å². The predicted molar refractivity (Wildman–Crippen MR) is 130 cm³/mol. The van der Waals surface area contributed by atoms with E-state index in [1.165, 1.54) is 11.3 Å². The lowest BCUT2D eigenvalue weighted by atomic mass is 10.1. The second kappa shape index (κ2) is 10.2. The van der Waals surface area contributed by atoms with Gasteiger partial charge in [0.1, 0.15) is 5.69 Å². The number of anilines is 1. The van der Waals surface area contributed by atoms with Crippen LogP contribution in [0.3, 0.4) is 0 Å². The lowest BCUT2D eigenvalue weighted by Gasteiger charge is -2.34. The van der Waals surface area contributed by atoms with Crippen LogP contribution < -0.4 is 5.32 Å². The van der Waals surface area contributed by atoms with Gasteiger partial charge in [-0.25, -0.2) is 4.98 Å².